The molecule has 1 aromatic carbocycles. The minimum atomic E-state index is -3.50. The van der Waals surface area contributed by atoms with Gasteiger partial charge < -0.3 is 5.73 Å². The summed E-state index contributed by atoms with van der Waals surface area (Å²) in [5.41, 5.74) is 6.22. The third-order valence-electron chi connectivity index (χ3n) is 5.38. The van der Waals surface area contributed by atoms with Crippen LogP contribution in [-0.4, -0.2) is 36.8 Å². The number of rotatable bonds is 2. The van der Waals surface area contributed by atoms with Crippen LogP contribution in [0, 0.1) is 11.8 Å². The number of nitrogens with zero attached hydrogens (tertiary/aromatic N) is 2. The number of pyridine rings is 1. The Hall–Kier alpha value is -1.21. The van der Waals surface area contributed by atoms with E-state index < -0.39 is 10.0 Å². The van der Waals surface area contributed by atoms with Gasteiger partial charge in [-0.15, -0.1) is 12.4 Å². The summed E-state index contributed by atoms with van der Waals surface area (Å²) in [6.45, 7) is 1.15. The quantitative estimate of drug-likeness (QED) is 0.884. The zero-order chi connectivity index (χ0) is 16.0. The summed E-state index contributed by atoms with van der Waals surface area (Å²) >= 11 is 0. The van der Waals surface area contributed by atoms with Crippen LogP contribution < -0.4 is 5.73 Å². The lowest BCUT2D eigenvalue weighted by Gasteiger charge is -2.29. The lowest BCUT2D eigenvalue weighted by atomic mass is 9.78. The molecule has 3 unspecified atom stereocenters. The maximum Gasteiger partial charge on any atom is 0.243 e. The molecule has 1 saturated heterocycles. The molecule has 0 bridgehead atoms. The van der Waals surface area contributed by atoms with Gasteiger partial charge in [0.2, 0.25) is 10.0 Å². The summed E-state index contributed by atoms with van der Waals surface area (Å²) in [4.78, 5) is 4.46. The molecular weight excluding hydrogens is 346 g/mol. The first kappa shape index (κ1) is 17.6. The molecule has 24 heavy (non-hydrogen) atoms. The standard InChI is InChI=1S/C17H21N3O2S.ClH/c18-16-5-1-4-13-10-20(11-15(13)16)23(21,22)17-6-2-3-12-9-19-8-7-14(12)17;/h2-3,6-9,13,15-16H,1,4-5,10-11,18H2;1H. The molecule has 0 spiro atoms. The van der Waals surface area contributed by atoms with Crippen LogP contribution in [0.5, 0.6) is 0 Å². The van der Waals surface area contributed by atoms with E-state index in [0.29, 0.717) is 29.8 Å². The monoisotopic (exact) mass is 367 g/mol. The van der Waals surface area contributed by atoms with Gasteiger partial charge in [0.25, 0.3) is 0 Å². The molecule has 3 atom stereocenters. The van der Waals surface area contributed by atoms with E-state index in [1.165, 1.54) is 0 Å². The van der Waals surface area contributed by atoms with Crippen molar-refractivity contribution in [2.24, 2.45) is 17.6 Å². The van der Waals surface area contributed by atoms with Crippen molar-refractivity contribution in [3.05, 3.63) is 36.7 Å². The maximum absolute atomic E-state index is 13.2. The zero-order valence-electron chi connectivity index (χ0n) is 13.3. The number of aromatic nitrogens is 1. The van der Waals surface area contributed by atoms with Gasteiger partial charge in [0, 0.05) is 42.3 Å². The van der Waals surface area contributed by atoms with Crippen LogP contribution in [0.15, 0.2) is 41.6 Å². The Kier molecular flexibility index (Phi) is 4.84. The number of hydrogen-bond acceptors (Lipinski definition) is 4. The smallest absolute Gasteiger partial charge is 0.243 e. The van der Waals surface area contributed by atoms with Gasteiger partial charge in [0.15, 0.2) is 0 Å². The first-order valence-corrected chi connectivity index (χ1v) is 9.60. The van der Waals surface area contributed by atoms with Gasteiger partial charge in [0.1, 0.15) is 0 Å². The Morgan fingerprint density at radius 3 is 2.79 bits per heavy atom. The van der Waals surface area contributed by atoms with E-state index in [1.807, 2.05) is 6.07 Å². The summed E-state index contributed by atoms with van der Waals surface area (Å²) < 4.78 is 28.0. The largest absolute Gasteiger partial charge is 0.327 e. The van der Waals surface area contributed by atoms with Crippen LogP contribution in [-0.2, 0) is 10.0 Å². The SMILES string of the molecule is Cl.NC1CCCC2CN(S(=O)(=O)c3cccc4cnccc34)CC12. The van der Waals surface area contributed by atoms with Crippen LogP contribution >= 0.6 is 12.4 Å². The van der Waals surface area contributed by atoms with Gasteiger partial charge in [-0.05, 0) is 36.8 Å². The van der Waals surface area contributed by atoms with E-state index in [4.69, 9.17) is 5.73 Å². The summed E-state index contributed by atoms with van der Waals surface area (Å²) in [5.74, 6) is 0.709. The highest BCUT2D eigenvalue weighted by atomic mass is 35.5. The Balaban J connectivity index is 0.00000169. The third-order valence-corrected chi connectivity index (χ3v) is 7.27. The minimum absolute atomic E-state index is 0. The first-order valence-electron chi connectivity index (χ1n) is 8.16. The predicted molar refractivity (Wildman–Crippen MR) is 96.6 cm³/mol. The van der Waals surface area contributed by atoms with Gasteiger partial charge in [-0.3, -0.25) is 4.98 Å². The van der Waals surface area contributed by atoms with Gasteiger partial charge in [-0.2, -0.15) is 4.31 Å². The fraction of sp³-hybridized carbons (Fsp3) is 0.471. The second-order valence-electron chi connectivity index (χ2n) is 6.69. The number of fused-ring (bicyclic) bond motifs is 2. The normalized spacial score (nSPS) is 27.6. The van der Waals surface area contributed by atoms with Crippen LogP contribution in [0.3, 0.4) is 0 Å². The van der Waals surface area contributed by atoms with Gasteiger partial charge in [-0.25, -0.2) is 8.42 Å². The maximum atomic E-state index is 13.2. The number of benzene rings is 1. The molecule has 1 aromatic heterocycles. The average Bonchev–Trinajstić information content (AvgIpc) is 3.01. The molecule has 5 nitrogen and oxygen atoms in total. The van der Waals surface area contributed by atoms with Crippen molar-refractivity contribution in [1.29, 1.82) is 0 Å². The van der Waals surface area contributed by atoms with Crippen molar-refractivity contribution in [1.82, 2.24) is 9.29 Å². The molecule has 2 N–H and O–H groups in total. The topological polar surface area (TPSA) is 76.3 Å². The predicted octanol–water partition coefficient (Wildman–Crippen LogP) is 2.40. The third kappa shape index (κ3) is 2.81. The first-order chi connectivity index (χ1) is 11.1. The molecule has 2 aromatic rings. The second-order valence-corrected chi connectivity index (χ2v) is 8.60. The van der Waals surface area contributed by atoms with Crippen molar-refractivity contribution >= 4 is 33.2 Å². The molecule has 1 saturated carbocycles. The van der Waals surface area contributed by atoms with Crippen LogP contribution in [0.25, 0.3) is 10.8 Å². The molecule has 4 rings (SSSR count). The van der Waals surface area contributed by atoms with E-state index in [9.17, 15) is 8.42 Å². The van der Waals surface area contributed by atoms with Gasteiger partial charge in [0.05, 0.1) is 4.90 Å². The lowest BCUT2D eigenvalue weighted by molar-refractivity contribution is 0.260. The van der Waals surface area contributed by atoms with Crippen molar-refractivity contribution in [3.8, 4) is 0 Å². The second kappa shape index (κ2) is 6.59. The highest BCUT2D eigenvalue weighted by Crippen LogP contribution is 2.38. The van der Waals surface area contributed by atoms with E-state index >= 15 is 0 Å². The molecule has 1 aliphatic carbocycles. The van der Waals surface area contributed by atoms with Crippen LogP contribution in [0.4, 0.5) is 0 Å². The molecule has 130 valence electrons. The van der Waals surface area contributed by atoms with Crippen molar-refractivity contribution < 1.29 is 8.42 Å². The van der Waals surface area contributed by atoms with Crippen molar-refractivity contribution in [3.63, 3.8) is 0 Å². The number of sulfonamides is 1. The molecule has 7 heteroatoms. The van der Waals surface area contributed by atoms with Gasteiger partial charge >= 0.3 is 0 Å². The molecular formula is C17H22ClN3O2S. The lowest BCUT2D eigenvalue weighted by Crippen LogP contribution is -2.38. The summed E-state index contributed by atoms with van der Waals surface area (Å²) in [7, 11) is -3.50. The Bertz CT molecular complexity index is 837. The fourth-order valence-electron chi connectivity index (χ4n) is 4.13. The van der Waals surface area contributed by atoms with Crippen molar-refractivity contribution in [2.75, 3.05) is 13.1 Å². The molecule has 2 heterocycles. The summed E-state index contributed by atoms with van der Waals surface area (Å²) in [6, 6.07) is 7.27. The minimum Gasteiger partial charge on any atom is -0.327 e. The van der Waals surface area contributed by atoms with E-state index in [-0.39, 0.29) is 18.4 Å². The molecule has 2 aliphatic rings. The Morgan fingerprint density at radius 1 is 1.17 bits per heavy atom. The van der Waals surface area contributed by atoms with E-state index in [1.54, 1.807) is 34.9 Å². The number of halogens is 1. The van der Waals surface area contributed by atoms with Gasteiger partial charge in [-0.1, -0.05) is 18.6 Å². The Morgan fingerprint density at radius 2 is 2.00 bits per heavy atom. The Labute approximate surface area is 148 Å². The van der Waals surface area contributed by atoms with Crippen molar-refractivity contribution in [2.45, 2.75) is 30.2 Å². The summed E-state index contributed by atoms with van der Waals surface area (Å²) in [6.07, 6.45) is 6.55. The molecule has 0 radical (unpaired) electrons. The molecule has 0 amide bonds. The van der Waals surface area contributed by atoms with Crippen LogP contribution in [0.1, 0.15) is 19.3 Å². The average molecular weight is 368 g/mol. The van der Waals surface area contributed by atoms with Crippen LogP contribution in [0.2, 0.25) is 0 Å². The zero-order valence-corrected chi connectivity index (χ0v) is 15.0. The highest BCUT2D eigenvalue weighted by Gasteiger charge is 2.43. The number of nitrogens with two attached hydrogens (primary N) is 1. The van der Waals surface area contributed by atoms with E-state index in [2.05, 4.69) is 4.98 Å². The summed E-state index contributed by atoms with van der Waals surface area (Å²) in [5, 5.41) is 1.59. The number of hydrogen-bond donors (Lipinski definition) is 1. The van der Waals surface area contributed by atoms with E-state index in [0.717, 1.165) is 30.0 Å². The molecule has 2 fully saturated rings. The molecule has 1 aliphatic heterocycles. The fourth-order valence-corrected chi connectivity index (χ4v) is 5.88. The highest BCUT2D eigenvalue weighted by molar-refractivity contribution is 7.89.